The summed E-state index contributed by atoms with van der Waals surface area (Å²) in [6.45, 7) is 0. The molecule has 2 aromatic rings. The Balaban J connectivity index is 2.70. The van der Waals surface area contributed by atoms with E-state index in [0.29, 0.717) is 29.6 Å². The van der Waals surface area contributed by atoms with E-state index in [1.807, 2.05) is 0 Å². The topological polar surface area (TPSA) is 48.9 Å². The van der Waals surface area contributed by atoms with Crippen molar-refractivity contribution in [3.63, 3.8) is 0 Å². The van der Waals surface area contributed by atoms with Gasteiger partial charge in [-0.15, -0.1) is 0 Å². The van der Waals surface area contributed by atoms with Crippen LogP contribution in [-0.2, 0) is 0 Å². The van der Waals surface area contributed by atoms with Gasteiger partial charge in [-0.2, -0.15) is 8.17 Å². The van der Waals surface area contributed by atoms with Crippen LogP contribution < -0.4 is 11.4 Å². The molecule has 0 spiro atoms. The zero-order valence-corrected chi connectivity index (χ0v) is 16.8. The van der Waals surface area contributed by atoms with E-state index < -0.39 is 17.6 Å². The predicted molar refractivity (Wildman–Crippen MR) is 101 cm³/mol. The minimum Gasteiger partial charge on any atom is -0.244 e. The van der Waals surface area contributed by atoms with Gasteiger partial charge in [0.1, 0.15) is 0 Å². The normalized spacial score (nSPS) is 12.6. The third-order valence-electron chi connectivity index (χ3n) is 2.27. The zero-order chi connectivity index (χ0) is 17.4. The number of hydrogen-bond acceptors (Lipinski definition) is 4. The first-order valence-corrected chi connectivity index (χ1v) is 9.36. The van der Waals surface area contributed by atoms with Gasteiger partial charge in [-0.1, -0.05) is 87.8 Å². The van der Waals surface area contributed by atoms with Crippen LogP contribution in [0.2, 0.25) is 0 Å². The van der Waals surface area contributed by atoms with Gasteiger partial charge in [0.25, 0.3) is 6.25 Å². The molecule has 0 bridgehead atoms. The quantitative estimate of drug-likeness (QED) is 0.615. The molecule has 0 atom stereocenters. The Labute approximate surface area is 168 Å². The van der Waals surface area contributed by atoms with Crippen molar-refractivity contribution >= 4 is 93.5 Å². The van der Waals surface area contributed by atoms with Gasteiger partial charge in [0.05, 0.1) is 5.69 Å². The maximum atomic E-state index is 12.5. The smallest absolute Gasteiger partial charge is 0.244 e. The monoisotopic (exact) mass is 473 g/mol. The van der Waals surface area contributed by atoms with Crippen LogP contribution in [0.5, 0.6) is 0 Å². The van der Waals surface area contributed by atoms with E-state index in [9.17, 15) is 9.59 Å². The molecule has 23 heavy (non-hydrogen) atoms. The van der Waals surface area contributed by atoms with Crippen LogP contribution >= 0.6 is 93.5 Å². The lowest BCUT2D eigenvalue weighted by atomic mass is 10.3. The highest BCUT2D eigenvalue weighted by molar-refractivity contribution is 8.05. The van der Waals surface area contributed by atoms with Gasteiger partial charge in [0.2, 0.25) is 0 Å². The van der Waals surface area contributed by atoms with E-state index in [4.69, 9.17) is 69.6 Å². The van der Waals surface area contributed by atoms with Gasteiger partial charge in [-0.25, -0.2) is 14.2 Å². The molecule has 0 saturated carbocycles. The number of nitrogens with zero attached hydrogens (tertiary/aromatic N) is 3. The number of halogens is 6. The predicted octanol–water partition coefficient (Wildman–Crippen LogP) is 4.45. The van der Waals surface area contributed by atoms with Crippen LogP contribution in [0.4, 0.5) is 0 Å². The molecule has 0 aliphatic rings. The van der Waals surface area contributed by atoms with Gasteiger partial charge >= 0.3 is 11.4 Å². The molecular formula is C10H5Cl6N3O2S2. The molecule has 0 aliphatic carbocycles. The number of benzene rings is 1. The summed E-state index contributed by atoms with van der Waals surface area (Å²) in [5.74, 6) is 0. The minimum absolute atomic E-state index is 0.324. The first kappa shape index (κ1) is 19.7. The summed E-state index contributed by atoms with van der Waals surface area (Å²) in [5, 5.41) is 0. The highest BCUT2D eigenvalue weighted by Crippen LogP contribution is 2.42. The summed E-state index contributed by atoms with van der Waals surface area (Å²) in [5.41, 5.74) is -1.21. The Morgan fingerprint density at radius 1 is 0.739 bits per heavy atom. The summed E-state index contributed by atoms with van der Waals surface area (Å²) >= 11 is 35.1. The molecule has 1 aromatic carbocycles. The lowest BCUT2D eigenvalue weighted by molar-refractivity contribution is 0.888. The molecule has 1 aromatic heterocycles. The van der Waals surface area contributed by atoms with Gasteiger partial charge < -0.3 is 0 Å². The van der Waals surface area contributed by atoms with Gasteiger partial charge in [0, 0.05) is 23.9 Å². The zero-order valence-electron chi connectivity index (χ0n) is 10.6. The van der Waals surface area contributed by atoms with Crippen LogP contribution in [0.15, 0.2) is 39.9 Å². The molecule has 126 valence electrons. The molecule has 0 unspecified atom stereocenters. The first-order valence-electron chi connectivity index (χ1n) is 5.54. The summed E-state index contributed by atoms with van der Waals surface area (Å²) in [6.07, 6.45) is 0. The molecule has 5 nitrogen and oxygen atoms in total. The van der Waals surface area contributed by atoms with Crippen molar-refractivity contribution in [3.8, 4) is 5.69 Å². The molecular weight excluding hydrogens is 471 g/mol. The fourth-order valence-electron chi connectivity index (χ4n) is 1.55. The second kappa shape index (κ2) is 7.33. The lowest BCUT2D eigenvalue weighted by Gasteiger charge is -2.14. The Morgan fingerprint density at radius 3 is 1.48 bits per heavy atom. The van der Waals surface area contributed by atoms with E-state index in [2.05, 4.69) is 0 Å². The Hall–Kier alpha value is 0.400. The Morgan fingerprint density at radius 2 is 1.13 bits per heavy atom. The molecule has 0 radical (unpaired) electrons. The SMILES string of the molecule is O=c1n(-c2ccccc2)c(=O)n(SC(Cl)(Cl)Cl)n1SC(Cl)(Cl)Cl. The summed E-state index contributed by atoms with van der Waals surface area (Å²) in [7, 11) is 0. The van der Waals surface area contributed by atoms with Crippen LogP contribution in [0.1, 0.15) is 0 Å². The number of rotatable bonds is 3. The highest BCUT2D eigenvalue weighted by atomic mass is 35.6. The van der Waals surface area contributed by atoms with Crippen molar-refractivity contribution in [1.82, 2.24) is 12.7 Å². The second-order valence-electron chi connectivity index (χ2n) is 3.86. The molecule has 0 aliphatic heterocycles. The third-order valence-corrected chi connectivity index (χ3v) is 5.01. The van der Waals surface area contributed by atoms with E-state index >= 15 is 0 Å². The Bertz CT molecular complexity index is 758. The summed E-state index contributed by atoms with van der Waals surface area (Å²) in [4.78, 5) is 25.1. The molecule has 13 heteroatoms. The highest BCUT2D eigenvalue weighted by Gasteiger charge is 2.32. The maximum Gasteiger partial charge on any atom is 0.363 e. The van der Waals surface area contributed by atoms with Gasteiger partial charge in [-0.05, 0) is 12.1 Å². The number of alkyl halides is 6. The van der Waals surface area contributed by atoms with Crippen LogP contribution in [0.25, 0.3) is 5.69 Å². The lowest BCUT2D eigenvalue weighted by Crippen LogP contribution is -2.26. The van der Waals surface area contributed by atoms with Crippen molar-refractivity contribution in [2.75, 3.05) is 0 Å². The molecule has 2 rings (SSSR count). The largest absolute Gasteiger partial charge is 0.363 e. The minimum atomic E-state index is -1.91. The second-order valence-corrected chi connectivity index (χ2v) is 12.0. The Kier molecular flexibility index (Phi) is 6.29. The molecule has 0 N–H and O–H groups in total. The van der Waals surface area contributed by atoms with Gasteiger partial charge in [-0.3, -0.25) is 0 Å². The van der Waals surface area contributed by atoms with Crippen LogP contribution in [0.3, 0.4) is 0 Å². The first-order chi connectivity index (χ1) is 10.5. The van der Waals surface area contributed by atoms with Crippen molar-refractivity contribution in [2.45, 2.75) is 6.25 Å². The van der Waals surface area contributed by atoms with E-state index in [1.165, 1.54) is 0 Å². The van der Waals surface area contributed by atoms with Crippen molar-refractivity contribution in [1.29, 1.82) is 0 Å². The fraction of sp³-hybridized carbons (Fsp3) is 0.200. The van der Waals surface area contributed by atoms with E-state index in [-0.39, 0.29) is 0 Å². The van der Waals surface area contributed by atoms with Crippen molar-refractivity contribution in [3.05, 3.63) is 51.3 Å². The third kappa shape index (κ3) is 5.19. The standard InChI is InChI=1S/C10H5Cl6N3O2S2/c11-9(12,13)22-18-7(20)17(6-4-2-1-3-5-6)8(21)19(18)23-10(14,15)16/h1-5H. The number of aromatic nitrogens is 3. The average molecular weight is 476 g/mol. The van der Waals surface area contributed by atoms with Gasteiger partial charge in [0.15, 0.2) is 0 Å². The van der Waals surface area contributed by atoms with E-state index in [0.717, 1.165) is 12.7 Å². The van der Waals surface area contributed by atoms with Crippen molar-refractivity contribution < 1.29 is 0 Å². The molecule has 0 amide bonds. The maximum absolute atomic E-state index is 12.5. The summed E-state index contributed by atoms with van der Waals surface area (Å²) in [6, 6.07) is 8.19. The van der Waals surface area contributed by atoms with Crippen LogP contribution in [-0.4, -0.2) is 19.0 Å². The van der Waals surface area contributed by atoms with Crippen LogP contribution in [0, 0.1) is 0 Å². The number of para-hydroxylation sites is 1. The molecule has 0 fully saturated rings. The fourth-order valence-corrected chi connectivity index (χ4v) is 3.93. The van der Waals surface area contributed by atoms with Crippen molar-refractivity contribution in [2.24, 2.45) is 0 Å². The molecule has 1 heterocycles. The number of hydrogen-bond donors (Lipinski definition) is 0. The van der Waals surface area contributed by atoms with E-state index in [1.54, 1.807) is 30.3 Å². The molecule has 0 saturated heterocycles. The summed E-state index contributed by atoms with van der Waals surface area (Å²) < 4.78 is -1.32. The average Bonchev–Trinajstić information content (AvgIpc) is 2.61.